The molecule has 1 atom stereocenters. The summed E-state index contributed by atoms with van der Waals surface area (Å²) in [4.78, 5) is 0. The van der Waals surface area contributed by atoms with Crippen molar-refractivity contribution in [1.82, 2.24) is 0 Å². The van der Waals surface area contributed by atoms with Crippen LogP contribution in [-0.2, 0) is 0 Å². The van der Waals surface area contributed by atoms with E-state index in [1.54, 1.807) is 6.07 Å². The van der Waals surface area contributed by atoms with Gasteiger partial charge in [-0.3, -0.25) is 0 Å². The monoisotopic (exact) mass is 316 g/mol. The second kappa shape index (κ2) is 6.37. The number of hydrogen-bond acceptors (Lipinski definition) is 3. The maximum absolute atomic E-state index is 9.48. The molecule has 0 amide bonds. The van der Waals surface area contributed by atoms with E-state index in [1.165, 1.54) is 0 Å². The molecule has 96 valence electrons. The van der Waals surface area contributed by atoms with E-state index in [-0.39, 0.29) is 12.6 Å². The van der Waals surface area contributed by atoms with Gasteiger partial charge < -0.3 is 10.4 Å². The zero-order valence-corrected chi connectivity index (χ0v) is 11.8. The predicted molar refractivity (Wildman–Crippen MR) is 78.7 cm³/mol. The fourth-order valence-corrected chi connectivity index (χ4v) is 2.28. The largest absolute Gasteiger partial charge is 0.394 e. The highest BCUT2D eigenvalue weighted by Gasteiger charge is 2.10. The van der Waals surface area contributed by atoms with Crippen LogP contribution in [-0.4, -0.2) is 11.7 Å². The number of nitrogens with zero attached hydrogens (tertiary/aromatic N) is 1. The molecule has 0 fully saturated rings. The van der Waals surface area contributed by atoms with Gasteiger partial charge in [0.15, 0.2) is 0 Å². The Kier molecular flexibility index (Phi) is 4.56. The van der Waals surface area contributed by atoms with Crippen LogP contribution in [0, 0.1) is 11.3 Å². The minimum Gasteiger partial charge on any atom is -0.394 e. The minimum atomic E-state index is -0.166. The molecular weight excluding hydrogens is 304 g/mol. The second-order valence-electron chi connectivity index (χ2n) is 4.10. The number of halogens is 1. The summed E-state index contributed by atoms with van der Waals surface area (Å²) in [5, 5.41) is 21.6. The Bertz CT molecular complexity index is 593. The van der Waals surface area contributed by atoms with Gasteiger partial charge in [0, 0.05) is 10.2 Å². The van der Waals surface area contributed by atoms with Crippen molar-refractivity contribution in [3.05, 3.63) is 64.1 Å². The zero-order chi connectivity index (χ0) is 13.7. The molecule has 0 aliphatic rings. The molecule has 3 nitrogen and oxygen atoms in total. The maximum atomic E-state index is 9.48. The van der Waals surface area contributed by atoms with Gasteiger partial charge >= 0.3 is 0 Å². The number of hydrogen-bond donors (Lipinski definition) is 2. The molecule has 0 aromatic heterocycles. The van der Waals surface area contributed by atoms with E-state index in [4.69, 9.17) is 5.26 Å². The highest BCUT2D eigenvalue weighted by molar-refractivity contribution is 9.10. The Hall–Kier alpha value is -1.83. The summed E-state index contributed by atoms with van der Waals surface area (Å²) in [5.74, 6) is 0. The van der Waals surface area contributed by atoms with Crippen LogP contribution >= 0.6 is 15.9 Å². The van der Waals surface area contributed by atoms with Crippen LogP contribution in [0.5, 0.6) is 0 Å². The van der Waals surface area contributed by atoms with Crippen molar-refractivity contribution in [2.75, 3.05) is 11.9 Å². The van der Waals surface area contributed by atoms with Gasteiger partial charge in [0.25, 0.3) is 0 Å². The van der Waals surface area contributed by atoms with Crippen LogP contribution in [0.3, 0.4) is 0 Å². The van der Waals surface area contributed by atoms with Crippen molar-refractivity contribution in [2.24, 2.45) is 0 Å². The lowest BCUT2D eigenvalue weighted by Gasteiger charge is -2.18. The summed E-state index contributed by atoms with van der Waals surface area (Å²) < 4.78 is 0.741. The molecule has 0 bridgehead atoms. The number of aliphatic hydroxyl groups is 1. The Labute approximate surface area is 120 Å². The average molecular weight is 317 g/mol. The van der Waals surface area contributed by atoms with Gasteiger partial charge in [-0.1, -0.05) is 30.3 Å². The lowest BCUT2D eigenvalue weighted by atomic mass is 10.1. The van der Waals surface area contributed by atoms with Crippen molar-refractivity contribution in [1.29, 1.82) is 5.26 Å². The molecule has 0 heterocycles. The van der Waals surface area contributed by atoms with Gasteiger partial charge in [-0.2, -0.15) is 5.26 Å². The third-order valence-corrected chi connectivity index (χ3v) is 3.47. The topological polar surface area (TPSA) is 56.0 Å². The van der Waals surface area contributed by atoms with E-state index in [2.05, 4.69) is 27.3 Å². The first-order valence-corrected chi connectivity index (χ1v) is 6.66. The second-order valence-corrected chi connectivity index (χ2v) is 4.95. The highest BCUT2D eigenvalue weighted by Crippen LogP contribution is 2.24. The van der Waals surface area contributed by atoms with Gasteiger partial charge in [-0.05, 0) is 39.7 Å². The van der Waals surface area contributed by atoms with E-state index in [1.807, 2.05) is 42.5 Å². The van der Waals surface area contributed by atoms with Crippen molar-refractivity contribution < 1.29 is 5.11 Å². The Morgan fingerprint density at radius 1 is 1.21 bits per heavy atom. The van der Waals surface area contributed by atoms with E-state index in [9.17, 15) is 5.11 Å². The van der Waals surface area contributed by atoms with Crippen molar-refractivity contribution >= 4 is 21.6 Å². The minimum absolute atomic E-state index is 0.00162. The Balaban J connectivity index is 2.20. The first-order valence-electron chi connectivity index (χ1n) is 5.86. The van der Waals surface area contributed by atoms with E-state index in [0.29, 0.717) is 5.56 Å². The molecule has 0 saturated heterocycles. The molecule has 2 rings (SSSR count). The first kappa shape index (κ1) is 13.6. The van der Waals surface area contributed by atoms with E-state index >= 15 is 0 Å². The van der Waals surface area contributed by atoms with Gasteiger partial charge in [-0.25, -0.2) is 0 Å². The lowest BCUT2D eigenvalue weighted by molar-refractivity contribution is 0.276. The molecule has 0 spiro atoms. The SMILES string of the molecule is N#Cc1ccc(NC(CO)c2ccccc2)cc1Br. The summed E-state index contributed by atoms with van der Waals surface area (Å²) in [6, 6.07) is 17.1. The third kappa shape index (κ3) is 3.34. The fourth-order valence-electron chi connectivity index (χ4n) is 1.82. The molecular formula is C15H13BrN2O. The summed E-state index contributed by atoms with van der Waals surface area (Å²) in [7, 11) is 0. The quantitative estimate of drug-likeness (QED) is 0.908. The fraction of sp³-hybridized carbons (Fsp3) is 0.133. The summed E-state index contributed by atoms with van der Waals surface area (Å²) in [6.07, 6.45) is 0. The van der Waals surface area contributed by atoms with Crippen molar-refractivity contribution in [3.8, 4) is 6.07 Å². The normalized spacial score (nSPS) is 11.6. The molecule has 2 N–H and O–H groups in total. The number of anilines is 1. The van der Waals surface area contributed by atoms with E-state index < -0.39 is 0 Å². The predicted octanol–water partition coefficient (Wildman–Crippen LogP) is 3.47. The number of benzene rings is 2. The van der Waals surface area contributed by atoms with Crippen LogP contribution in [0.25, 0.3) is 0 Å². The zero-order valence-electron chi connectivity index (χ0n) is 10.2. The molecule has 0 aliphatic carbocycles. The molecule has 4 heteroatoms. The number of nitriles is 1. The van der Waals surface area contributed by atoms with Gasteiger partial charge in [0.1, 0.15) is 6.07 Å². The number of nitrogens with one attached hydrogen (secondary N) is 1. The van der Waals surface area contributed by atoms with Gasteiger partial charge in [-0.15, -0.1) is 0 Å². The molecule has 1 unspecified atom stereocenters. The molecule has 2 aromatic carbocycles. The average Bonchev–Trinajstić information content (AvgIpc) is 2.46. The van der Waals surface area contributed by atoms with Gasteiger partial charge in [0.2, 0.25) is 0 Å². The van der Waals surface area contributed by atoms with Crippen LogP contribution in [0.15, 0.2) is 53.0 Å². The summed E-state index contributed by atoms with van der Waals surface area (Å²) in [5.41, 5.74) is 2.46. The standard InChI is InChI=1S/C15H13BrN2O/c16-14-8-13(7-6-12(14)9-17)18-15(10-19)11-4-2-1-3-5-11/h1-8,15,18-19H,10H2. The lowest BCUT2D eigenvalue weighted by Crippen LogP contribution is -2.14. The first-order chi connectivity index (χ1) is 9.24. The Morgan fingerprint density at radius 2 is 1.95 bits per heavy atom. The highest BCUT2D eigenvalue weighted by atomic mass is 79.9. The van der Waals surface area contributed by atoms with Crippen LogP contribution in [0.2, 0.25) is 0 Å². The van der Waals surface area contributed by atoms with Crippen LogP contribution < -0.4 is 5.32 Å². The number of rotatable bonds is 4. The van der Waals surface area contributed by atoms with Crippen molar-refractivity contribution in [3.63, 3.8) is 0 Å². The molecule has 19 heavy (non-hydrogen) atoms. The molecule has 2 aromatic rings. The summed E-state index contributed by atoms with van der Waals surface area (Å²) in [6.45, 7) is 0.00162. The Morgan fingerprint density at radius 3 is 2.53 bits per heavy atom. The van der Waals surface area contributed by atoms with E-state index in [0.717, 1.165) is 15.7 Å². The van der Waals surface area contributed by atoms with Crippen LogP contribution in [0.1, 0.15) is 17.2 Å². The molecule has 0 radical (unpaired) electrons. The van der Waals surface area contributed by atoms with Crippen LogP contribution in [0.4, 0.5) is 5.69 Å². The number of aliphatic hydroxyl groups excluding tert-OH is 1. The molecule has 0 aliphatic heterocycles. The summed E-state index contributed by atoms with van der Waals surface area (Å²) >= 11 is 3.35. The van der Waals surface area contributed by atoms with Crippen molar-refractivity contribution in [2.45, 2.75) is 6.04 Å². The maximum Gasteiger partial charge on any atom is 0.100 e. The molecule has 0 saturated carbocycles. The smallest absolute Gasteiger partial charge is 0.100 e. The van der Waals surface area contributed by atoms with Gasteiger partial charge in [0.05, 0.1) is 18.2 Å². The third-order valence-electron chi connectivity index (χ3n) is 2.81.